The first kappa shape index (κ1) is 48.5. The van der Waals surface area contributed by atoms with Gasteiger partial charge in [0.05, 0.1) is 12.2 Å². The normalized spacial score (nSPS) is 15.0. The molecule has 0 saturated carbocycles. The number of amides is 4. The Morgan fingerprint density at radius 3 is 1.76 bits per heavy atom. The van der Waals surface area contributed by atoms with Gasteiger partial charge < -0.3 is 30.0 Å². The van der Waals surface area contributed by atoms with E-state index in [1.165, 1.54) is 26.9 Å². The van der Waals surface area contributed by atoms with Crippen molar-refractivity contribution in [2.24, 2.45) is 0 Å². The molecule has 2 atom stereocenters. The molecule has 0 bridgehead atoms. The fraction of sp³-hybridized carbons (Fsp3) is 0.208. The zero-order chi connectivity index (χ0) is 47.7. The highest BCUT2D eigenvalue weighted by Crippen LogP contribution is 2.42. The van der Waals surface area contributed by atoms with Crippen LogP contribution in [0.15, 0.2) is 135 Å². The fourth-order valence-corrected chi connectivity index (χ4v) is 8.53. The molecule has 8 rings (SSSR count). The summed E-state index contributed by atoms with van der Waals surface area (Å²) in [7, 11) is 2.93. The van der Waals surface area contributed by atoms with Gasteiger partial charge in [0.25, 0.3) is 5.91 Å². The Labute approximate surface area is 406 Å². The van der Waals surface area contributed by atoms with Gasteiger partial charge in [-0.2, -0.15) is 0 Å². The molecule has 15 nitrogen and oxygen atoms in total. The van der Waals surface area contributed by atoms with Crippen molar-refractivity contribution in [3.8, 4) is 22.3 Å². The van der Waals surface area contributed by atoms with Gasteiger partial charge in [-0.25, -0.2) is 34.6 Å². The molecule has 0 radical (unpaired) electrons. The highest BCUT2D eigenvalue weighted by molar-refractivity contribution is 6.36. The summed E-state index contributed by atoms with van der Waals surface area (Å²) >= 11 is 24.5. The van der Waals surface area contributed by atoms with Crippen LogP contribution in [0.25, 0.3) is 22.3 Å². The smallest absolute Gasteiger partial charge is 0.315 e. The Balaban J connectivity index is 0.000000201. The number of hydrogen-bond acceptors (Lipinski definition) is 10. The van der Waals surface area contributed by atoms with E-state index >= 15 is 0 Å². The zero-order valence-corrected chi connectivity index (χ0v) is 39.6. The van der Waals surface area contributed by atoms with Crippen molar-refractivity contribution in [1.82, 2.24) is 40.1 Å². The van der Waals surface area contributed by atoms with E-state index in [0.29, 0.717) is 43.8 Å². The molecule has 0 unspecified atom stereocenters. The zero-order valence-electron chi connectivity index (χ0n) is 36.6. The number of imidazole rings is 1. The molecule has 4 heterocycles. The SMILES string of the molecule is COC(CNC(=O)N[C@](C)(Cc1ccc(-c2cncnc2)cc1)C(=O)Nc1cc(Cl)cc(Cl)c1)OC.C[C@@]1(Cc2ccc(-c3cncnc3)cc2)C(=O)N(c2cc(Cl)cc(Cl)c2)c2nccn21. The third-order valence-corrected chi connectivity index (χ3v) is 11.8. The van der Waals surface area contributed by atoms with Crippen LogP contribution in [-0.4, -0.2) is 79.9 Å². The molecule has 3 aromatic heterocycles. The number of nitrogens with one attached hydrogen (secondary N) is 3. The lowest BCUT2D eigenvalue weighted by Gasteiger charge is -2.30. The Morgan fingerprint density at radius 2 is 1.24 bits per heavy atom. The molecular weight excluding hydrogens is 938 g/mol. The number of anilines is 3. The van der Waals surface area contributed by atoms with Crippen LogP contribution >= 0.6 is 46.4 Å². The van der Waals surface area contributed by atoms with Crippen LogP contribution in [0.1, 0.15) is 25.0 Å². The minimum absolute atomic E-state index is 0.0885. The van der Waals surface area contributed by atoms with Crippen LogP contribution in [0, 0.1) is 0 Å². The van der Waals surface area contributed by atoms with Crippen molar-refractivity contribution in [2.45, 2.75) is 44.1 Å². The van der Waals surface area contributed by atoms with E-state index < -0.39 is 29.3 Å². The molecule has 0 fully saturated rings. The first-order chi connectivity index (χ1) is 32.2. The number of fused-ring (bicyclic) bond motifs is 1. The summed E-state index contributed by atoms with van der Waals surface area (Å²) in [5.74, 6) is 0.00455. The summed E-state index contributed by atoms with van der Waals surface area (Å²) in [6.07, 6.45) is 13.6. The lowest BCUT2D eigenvalue weighted by Crippen LogP contribution is -2.59. The average Bonchev–Trinajstić information content (AvgIpc) is 3.87. The van der Waals surface area contributed by atoms with Crippen LogP contribution in [-0.2, 0) is 37.4 Å². The van der Waals surface area contributed by atoms with Gasteiger partial charge >= 0.3 is 6.03 Å². The number of urea groups is 1. The maximum atomic E-state index is 13.6. The molecule has 344 valence electrons. The van der Waals surface area contributed by atoms with Crippen molar-refractivity contribution in [2.75, 3.05) is 31.0 Å². The molecule has 1 aliphatic rings. The highest BCUT2D eigenvalue weighted by atomic mass is 35.5. The van der Waals surface area contributed by atoms with Crippen molar-refractivity contribution >= 4 is 81.6 Å². The van der Waals surface area contributed by atoms with E-state index in [1.807, 2.05) is 66.2 Å². The number of hydrogen-bond donors (Lipinski definition) is 3. The van der Waals surface area contributed by atoms with Gasteiger partial charge in [-0.3, -0.25) is 9.59 Å². The Kier molecular flexibility index (Phi) is 15.5. The third-order valence-electron chi connectivity index (χ3n) is 10.9. The second kappa shape index (κ2) is 21.4. The number of nitrogens with zero attached hydrogens (tertiary/aromatic N) is 7. The summed E-state index contributed by atoms with van der Waals surface area (Å²) in [6.45, 7) is 3.65. The maximum Gasteiger partial charge on any atom is 0.315 e. The first-order valence-electron chi connectivity index (χ1n) is 20.6. The molecule has 4 aromatic carbocycles. The fourth-order valence-electron chi connectivity index (χ4n) is 7.48. The number of benzene rings is 4. The summed E-state index contributed by atoms with van der Waals surface area (Å²) in [4.78, 5) is 62.0. The largest absolute Gasteiger partial charge is 0.354 e. The number of carbonyl (C=O) groups excluding carboxylic acids is 3. The molecule has 3 N–H and O–H groups in total. The standard InChI is InChI=1S/C25H27Cl2N5O4.C23H17Cl2N5O/c1-25(32-24(34)30-14-22(35-2)36-3,23(33)31-21-9-19(26)8-20(27)10-21)11-16-4-6-17(7-5-16)18-12-28-15-29-13-18;1-23(11-15-2-4-16(5-3-15)17-12-26-14-27-13-17)21(31)30(22-28-6-7-29(22)23)20-9-18(24)8-19(25)10-20/h4-10,12-13,15,22H,11,14H2,1-3H3,(H,31,33)(H2,30,32,34);2-10,12-14H,11H2,1H3/t25-;23-/m11/s1. The van der Waals surface area contributed by atoms with E-state index in [4.69, 9.17) is 55.9 Å². The summed E-state index contributed by atoms with van der Waals surface area (Å²) in [6, 6.07) is 24.9. The molecule has 67 heavy (non-hydrogen) atoms. The topological polar surface area (TPSA) is 178 Å². The number of ether oxygens (including phenoxy) is 2. The van der Waals surface area contributed by atoms with Crippen LogP contribution in [0.3, 0.4) is 0 Å². The molecule has 0 aliphatic carbocycles. The molecule has 7 aromatic rings. The average molecular weight is 983 g/mol. The Morgan fingerprint density at radius 1 is 0.731 bits per heavy atom. The molecule has 19 heteroatoms. The van der Waals surface area contributed by atoms with E-state index in [9.17, 15) is 14.4 Å². The van der Waals surface area contributed by atoms with E-state index in [1.54, 1.807) is 79.2 Å². The van der Waals surface area contributed by atoms with Crippen LogP contribution in [0.4, 0.5) is 22.1 Å². The van der Waals surface area contributed by atoms with Crippen molar-refractivity contribution in [3.05, 3.63) is 166 Å². The van der Waals surface area contributed by atoms with Crippen LogP contribution in [0.5, 0.6) is 0 Å². The number of rotatable bonds is 14. The van der Waals surface area contributed by atoms with Crippen molar-refractivity contribution < 1.29 is 23.9 Å². The van der Waals surface area contributed by atoms with Crippen molar-refractivity contribution in [3.63, 3.8) is 0 Å². The Hall–Kier alpha value is -6.46. The summed E-state index contributed by atoms with van der Waals surface area (Å²) in [5, 5.41) is 9.90. The number of aromatic nitrogens is 6. The summed E-state index contributed by atoms with van der Waals surface area (Å²) < 4.78 is 12.1. The van der Waals surface area contributed by atoms with Gasteiger partial charge in [-0.15, -0.1) is 0 Å². The lowest BCUT2D eigenvalue weighted by molar-refractivity contribution is -0.124. The molecule has 1 aliphatic heterocycles. The van der Waals surface area contributed by atoms with Gasteiger partial charge in [0, 0.05) is 101 Å². The van der Waals surface area contributed by atoms with E-state index in [0.717, 1.165) is 33.4 Å². The predicted octanol–water partition coefficient (Wildman–Crippen LogP) is 9.59. The maximum absolute atomic E-state index is 13.6. The van der Waals surface area contributed by atoms with Gasteiger partial charge in [0.15, 0.2) is 6.29 Å². The van der Waals surface area contributed by atoms with E-state index in [-0.39, 0.29) is 18.9 Å². The monoisotopic (exact) mass is 980 g/mol. The number of halogens is 4. The molecule has 0 spiro atoms. The summed E-state index contributed by atoms with van der Waals surface area (Å²) in [5.41, 5.74) is 4.43. The second-order valence-electron chi connectivity index (χ2n) is 15.8. The van der Waals surface area contributed by atoms with Crippen molar-refractivity contribution in [1.29, 1.82) is 0 Å². The quantitative estimate of drug-likeness (QED) is 0.0889. The highest BCUT2D eigenvalue weighted by Gasteiger charge is 2.48. The van der Waals surface area contributed by atoms with E-state index in [2.05, 4.69) is 40.9 Å². The van der Waals surface area contributed by atoms with Gasteiger partial charge in [0.1, 0.15) is 23.7 Å². The van der Waals surface area contributed by atoms with Gasteiger partial charge in [-0.1, -0.05) is 94.9 Å². The molecule has 4 amide bonds. The van der Waals surface area contributed by atoms with Crippen LogP contribution < -0.4 is 20.9 Å². The lowest BCUT2D eigenvalue weighted by atomic mass is 9.90. The minimum Gasteiger partial charge on any atom is -0.354 e. The number of methoxy groups -OCH3 is 2. The predicted molar refractivity (Wildman–Crippen MR) is 260 cm³/mol. The molecular formula is C48H44Cl4N10O5. The third kappa shape index (κ3) is 11.7. The van der Waals surface area contributed by atoms with Gasteiger partial charge in [0.2, 0.25) is 11.9 Å². The van der Waals surface area contributed by atoms with Crippen LogP contribution in [0.2, 0.25) is 20.1 Å². The second-order valence-corrected chi connectivity index (χ2v) is 17.6. The minimum atomic E-state index is -1.34. The Bertz CT molecular complexity index is 2800. The molecule has 0 saturated heterocycles. The number of carbonyl (C=O) groups is 3. The first-order valence-corrected chi connectivity index (χ1v) is 22.1. The van der Waals surface area contributed by atoms with Gasteiger partial charge in [-0.05, 0) is 72.5 Å².